The third-order valence-corrected chi connectivity index (χ3v) is 3.08. The molecule has 0 aliphatic rings. The third kappa shape index (κ3) is 5.21. The van der Waals surface area contributed by atoms with Gasteiger partial charge in [0.25, 0.3) is 0 Å². The van der Waals surface area contributed by atoms with Crippen molar-refractivity contribution >= 4 is 5.96 Å². The summed E-state index contributed by atoms with van der Waals surface area (Å²) in [5, 5.41) is 3.14. The van der Waals surface area contributed by atoms with Crippen molar-refractivity contribution in [3.8, 4) is 0 Å². The highest BCUT2D eigenvalue weighted by atomic mass is 15.1. The minimum Gasteiger partial charge on any atom is -0.370 e. The van der Waals surface area contributed by atoms with Crippen molar-refractivity contribution in [2.75, 3.05) is 13.1 Å². The van der Waals surface area contributed by atoms with E-state index in [4.69, 9.17) is 5.73 Å². The lowest BCUT2D eigenvalue weighted by Crippen LogP contribution is -2.32. The molecule has 3 N–H and O–H groups in total. The quantitative estimate of drug-likeness (QED) is 0.442. The molecule has 3 heteroatoms. The monoisotopic (exact) mass is 247 g/mol. The van der Waals surface area contributed by atoms with Gasteiger partial charge in [-0.25, -0.2) is 0 Å². The lowest BCUT2D eigenvalue weighted by molar-refractivity contribution is 0.669. The number of hydrogen-bond donors (Lipinski definition) is 2. The summed E-state index contributed by atoms with van der Waals surface area (Å²) < 4.78 is 0. The average molecular weight is 247 g/mol. The number of benzene rings is 1. The predicted molar refractivity (Wildman–Crippen MR) is 78.9 cm³/mol. The predicted octanol–water partition coefficient (Wildman–Crippen LogP) is 2.88. The summed E-state index contributed by atoms with van der Waals surface area (Å²) in [4.78, 5) is 4.43. The van der Waals surface area contributed by atoms with Crippen LogP contribution in [0.5, 0.6) is 0 Å². The Hall–Kier alpha value is -1.51. The number of guanidine groups is 1. The maximum absolute atomic E-state index is 5.83. The molecule has 1 atom stereocenters. The smallest absolute Gasteiger partial charge is 0.188 e. The Kier molecular flexibility index (Phi) is 6.92. The number of unbranched alkanes of at least 4 members (excludes halogenated alkanes) is 1. The van der Waals surface area contributed by atoms with Gasteiger partial charge in [-0.3, -0.25) is 4.99 Å². The summed E-state index contributed by atoms with van der Waals surface area (Å²) in [6, 6.07) is 10.5. The zero-order chi connectivity index (χ0) is 13.2. The van der Waals surface area contributed by atoms with Crippen LogP contribution in [0.4, 0.5) is 0 Å². The van der Waals surface area contributed by atoms with Crippen molar-refractivity contribution in [1.82, 2.24) is 5.32 Å². The second-order valence-electron chi connectivity index (χ2n) is 4.52. The summed E-state index contributed by atoms with van der Waals surface area (Å²) in [6.07, 6.45) is 3.38. The zero-order valence-corrected chi connectivity index (χ0v) is 11.5. The number of rotatable bonds is 7. The first-order valence-electron chi connectivity index (χ1n) is 6.86. The summed E-state index contributed by atoms with van der Waals surface area (Å²) in [5.41, 5.74) is 7.17. The van der Waals surface area contributed by atoms with Crippen molar-refractivity contribution in [2.24, 2.45) is 10.7 Å². The molecule has 0 aromatic heterocycles. The van der Waals surface area contributed by atoms with Gasteiger partial charge in [-0.1, -0.05) is 50.6 Å². The Balaban J connectivity index is 2.46. The molecule has 0 saturated carbocycles. The number of nitrogens with two attached hydrogens (primary N) is 1. The molecule has 1 unspecified atom stereocenters. The fourth-order valence-corrected chi connectivity index (χ4v) is 1.85. The van der Waals surface area contributed by atoms with E-state index in [2.05, 4.69) is 48.4 Å². The molecule has 18 heavy (non-hydrogen) atoms. The van der Waals surface area contributed by atoms with E-state index in [1.807, 2.05) is 6.07 Å². The van der Waals surface area contributed by atoms with Crippen molar-refractivity contribution in [3.63, 3.8) is 0 Å². The Bertz CT molecular complexity index is 346. The van der Waals surface area contributed by atoms with Crippen LogP contribution in [0.2, 0.25) is 0 Å². The SMILES string of the molecule is CCCCNC(N)=NCC(CC)c1ccccc1. The van der Waals surface area contributed by atoms with Crippen LogP contribution >= 0.6 is 0 Å². The molecule has 1 aromatic carbocycles. The maximum Gasteiger partial charge on any atom is 0.188 e. The van der Waals surface area contributed by atoms with Crippen molar-refractivity contribution in [2.45, 2.75) is 39.0 Å². The molecule has 0 bridgehead atoms. The maximum atomic E-state index is 5.83. The summed E-state index contributed by atoms with van der Waals surface area (Å²) >= 11 is 0. The van der Waals surface area contributed by atoms with Gasteiger partial charge in [-0.2, -0.15) is 0 Å². The molecular weight excluding hydrogens is 222 g/mol. The number of nitrogens with one attached hydrogen (secondary N) is 1. The fourth-order valence-electron chi connectivity index (χ4n) is 1.85. The summed E-state index contributed by atoms with van der Waals surface area (Å²) in [5.74, 6) is 1.02. The number of aliphatic imine (C=N–C) groups is 1. The first kappa shape index (κ1) is 14.6. The Morgan fingerprint density at radius 1 is 1.28 bits per heavy atom. The fraction of sp³-hybridized carbons (Fsp3) is 0.533. The van der Waals surface area contributed by atoms with E-state index in [0.29, 0.717) is 11.9 Å². The molecule has 100 valence electrons. The van der Waals surface area contributed by atoms with E-state index in [-0.39, 0.29) is 0 Å². The van der Waals surface area contributed by atoms with Gasteiger partial charge in [-0.15, -0.1) is 0 Å². The van der Waals surface area contributed by atoms with Gasteiger partial charge in [0, 0.05) is 19.0 Å². The van der Waals surface area contributed by atoms with E-state index in [1.54, 1.807) is 0 Å². The van der Waals surface area contributed by atoms with Gasteiger partial charge < -0.3 is 11.1 Å². The number of hydrogen-bond acceptors (Lipinski definition) is 1. The lowest BCUT2D eigenvalue weighted by atomic mass is 9.97. The summed E-state index contributed by atoms with van der Waals surface area (Å²) in [6.45, 7) is 6.02. The van der Waals surface area contributed by atoms with Crippen LogP contribution in [-0.2, 0) is 0 Å². The normalized spacial score (nSPS) is 13.3. The van der Waals surface area contributed by atoms with Gasteiger partial charge in [0.2, 0.25) is 0 Å². The van der Waals surface area contributed by atoms with Gasteiger partial charge in [0.05, 0.1) is 0 Å². The first-order valence-corrected chi connectivity index (χ1v) is 6.86. The minimum absolute atomic E-state index is 0.456. The first-order chi connectivity index (χ1) is 8.77. The molecule has 0 spiro atoms. The lowest BCUT2D eigenvalue weighted by Gasteiger charge is -2.13. The Labute approximate surface area is 111 Å². The van der Waals surface area contributed by atoms with E-state index in [9.17, 15) is 0 Å². The molecule has 0 fully saturated rings. The van der Waals surface area contributed by atoms with Crippen LogP contribution in [0.25, 0.3) is 0 Å². The summed E-state index contributed by atoms with van der Waals surface area (Å²) in [7, 11) is 0. The number of nitrogens with zero attached hydrogens (tertiary/aromatic N) is 1. The molecule has 0 aliphatic carbocycles. The van der Waals surface area contributed by atoms with Gasteiger partial charge >= 0.3 is 0 Å². The van der Waals surface area contributed by atoms with Gasteiger partial charge in [0.1, 0.15) is 0 Å². The molecule has 0 amide bonds. The molecule has 0 radical (unpaired) electrons. The molecule has 0 heterocycles. The molecule has 1 aromatic rings. The van der Waals surface area contributed by atoms with E-state index in [1.165, 1.54) is 12.0 Å². The standard InChI is InChI=1S/C15H25N3/c1-3-5-11-17-15(16)18-12-13(4-2)14-9-7-6-8-10-14/h6-10,13H,3-5,11-12H2,1-2H3,(H3,16,17,18). The van der Waals surface area contributed by atoms with Crippen LogP contribution in [0.1, 0.15) is 44.6 Å². The van der Waals surface area contributed by atoms with Crippen LogP contribution in [0, 0.1) is 0 Å². The second-order valence-corrected chi connectivity index (χ2v) is 4.52. The van der Waals surface area contributed by atoms with Gasteiger partial charge in [-0.05, 0) is 18.4 Å². The Morgan fingerprint density at radius 2 is 2.00 bits per heavy atom. The van der Waals surface area contributed by atoms with Crippen molar-refractivity contribution < 1.29 is 0 Å². The topological polar surface area (TPSA) is 50.4 Å². The molecule has 1 rings (SSSR count). The minimum atomic E-state index is 0.456. The van der Waals surface area contributed by atoms with Gasteiger partial charge in [0.15, 0.2) is 5.96 Å². The highest BCUT2D eigenvalue weighted by Gasteiger charge is 2.07. The average Bonchev–Trinajstić information content (AvgIpc) is 2.41. The Morgan fingerprint density at radius 3 is 2.61 bits per heavy atom. The van der Waals surface area contributed by atoms with E-state index in [0.717, 1.165) is 25.9 Å². The highest BCUT2D eigenvalue weighted by Crippen LogP contribution is 2.19. The van der Waals surface area contributed by atoms with Crippen LogP contribution in [0.3, 0.4) is 0 Å². The van der Waals surface area contributed by atoms with E-state index >= 15 is 0 Å². The van der Waals surface area contributed by atoms with E-state index < -0.39 is 0 Å². The molecule has 3 nitrogen and oxygen atoms in total. The van der Waals surface area contributed by atoms with Crippen LogP contribution in [0.15, 0.2) is 35.3 Å². The molecule has 0 saturated heterocycles. The largest absolute Gasteiger partial charge is 0.370 e. The zero-order valence-electron chi connectivity index (χ0n) is 11.5. The second kappa shape index (κ2) is 8.56. The van der Waals surface area contributed by atoms with Crippen LogP contribution in [-0.4, -0.2) is 19.0 Å². The van der Waals surface area contributed by atoms with Crippen molar-refractivity contribution in [3.05, 3.63) is 35.9 Å². The highest BCUT2D eigenvalue weighted by molar-refractivity contribution is 5.77. The van der Waals surface area contributed by atoms with Crippen LogP contribution < -0.4 is 11.1 Å². The molecule has 0 aliphatic heterocycles. The molecular formula is C15H25N3. The van der Waals surface area contributed by atoms with Crippen molar-refractivity contribution in [1.29, 1.82) is 0 Å². The third-order valence-electron chi connectivity index (χ3n) is 3.08.